The molecule has 1 fully saturated rings. The zero-order valence-electron chi connectivity index (χ0n) is 14.1. The summed E-state index contributed by atoms with van der Waals surface area (Å²) in [5.74, 6) is 0.946. The number of ether oxygens (including phenoxy) is 1. The largest absolute Gasteiger partial charge is 0.497 e. The van der Waals surface area contributed by atoms with Gasteiger partial charge in [-0.2, -0.15) is 0 Å². The van der Waals surface area contributed by atoms with E-state index < -0.39 is 0 Å². The molecule has 0 radical (unpaired) electrons. The smallest absolute Gasteiger partial charge is 0.289 e. The van der Waals surface area contributed by atoms with Crippen LogP contribution in [0.25, 0.3) is 0 Å². The van der Waals surface area contributed by atoms with Gasteiger partial charge in [0.25, 0.3) is 5.91 Å². The summed E-state index contributed by atoms with van der Waals surface area (Å²) in [6.07, 6.45) is 1.48. The highest BCUT2D eigenvalue weighted by Crippen LogP contribution is 2.16. The van der Waals surface area contributed by atoms with E-state index in [9.17, 15) is 9.59 Å². The normalized spacial score (nSPS) is 14.3. The number of amides is 2. The first-order valence-electron chi connectivity index (χ1n) is 8.16. The summed E-state index contributed by atoms with van der Waals surface area (Å²) in [5.41, 5.74) is 0.833. The number of rotatable bonds is 5. The number of furan rings is 1. The predicted molar refractivity (Wildman–Crippen MR) is 92.7 cm³/mol. The Bertz CT molecular complexity index is 722. The molecule has 1 aliphatic heterocycles. The van der Waals surface area contributed by atoms with Gasteiger partial charge in [-0.1, -0.05) is 6.07 Å². The van der Waals surface area contributed by atoms with Crippen LogP contribution in [0.2, 0.25) is 0 Å². The van der Waals surface area contributed by atoms with Crippen LogP contribution in [0, 0.1) is 0 Å². The molecule has 1 aromatic carbocycles. The minimum atomic E-state index is -0.133. The molecular weight excluding hydrogens is 322 g/mol. The van der Waals surface area contributed by atoms with Crippen molar-refractivity contribution < 1.29 is 18.7 Å². The molecule has 1 aliphatic rings. The fourth-order valence-electron chi connectivity index (χ4n) is 2.74. The predicted octanol–water partition coefficient (Wildman–Crippen LogP) is 1.68. The Labute approximate surface area is 146 Å². The van der Waals surface area contributed by atoms with Gasteiger partial charge in [-0.3, -0.25) is 9.59 Å². The van der Waals surface area contributed by atoms with Gasteiger partial charge in [-0.15, -0.1) is 0 Å². The van der Waals surface area contributed by atoms with Gasteiger partial charge in [0, 0.05) is 37.9 Å². The number of nitrogens with one attached hydrogen (secondary N) is 1. The summed E-state index contributed by atoms with van der Waals surface area (Å²) in [6, 6.07) is 10.8. The average Bonchev–Trinajstić information content (AvgIpc) is 3.20. The lowest BCUT2D eigenvalue weighted by Crippen LogP contribution is -2.51. The summed E-state index contributed by atoms with van der Waals surface area (Å²) < 4.78 is 10.3. The van der Waals surface area contributed by atoms with Crippen molar-refractivity contribution in [1.29, 1.82) is 0 Å². The number of nitrogens with zero attached hydrogens (tertiary/aromatic N) is 2. The topological polar surface area (TPSA) is 75.0 Å². The summed E-state index contributed by atoms with van der Waals surface area (Å²) in [6.45, 7) is 2.25. The molecule has 7 nitrogen and oxygen atoms in total. The molecule has 0 atom stereocenters. The van der Waals surface area contributed by atoms with E-state index in [1.165, 1.54) is 6.26 Å². The average molecular weight is 343 g/mol. The lowest BCUT2D eigenvalue weighted by Gasteiger charge is -2.34. The molecule has 1 aromatic heterocycles. The summed E-state index contributed by atoms with van der Waals surface area (Å²) >= 11 is 0. The van der Waals surface area contributed by atoms with Gasteiger partial charge in [0.15, 0.2) is 5.76 Å². The Morgan fingerprint density at radius 3 is 2.56 bits per heavy atom. The monoisotopic (exact) mass is 343 g/mol. The van der Waals surface area contributed by atoms with Crippen LogP contribution in [0.1, 0.15) is 10.6 Å². The second kappa shape index (κ2) is 7.74. The SMILES string of the molecule is COc1cccc(NCC(=O)N2CCN(C(=O)c3ccco3)CC2)c1. The highest BCUT2D eigenvalue weighted by atomic mass is 16.5. The van der Waals surface area contributed by atoms with Gasteiger partial charge < -0.3 is 24.3 Å². The standard InChI is InChI=1S/C18H21N3O4/c1-24-15-5-2-4-14(12-15)19-13-17(22)20-7-9-21(10-8-20)18(23)16-6-3-11-25-16/h2-6,11-12,19H,7-10,13H2,1H3. The minimum absolute atomic E-state index is 0.00733. The van der Waals surface area contributed by atoms with Crippen LogP contribution < -0.4 is 10.1 Å². The number of piperazine rings is 1. The van der Waals surface area contributed by atoms with Crippen molar-refractivity contribution >= 4 is 17.5 Å². The van der Waals surface area contributed by atoms with Crippen molar-refractivity contribution in [1.82, 2.24) is 9.80 Å². The maximum atomic E-state index is 12.3. The first-order chi connectivity index (χ1) is 12.2. The Morgan fingerprint density at radius 1 is 1.12 bits per heavy atom. The van der Waals surface area contributed by atoms with E-state index in [0.717, 1.165) is 11.4 Å². The molecule has 2 heterocycles. The lowest BCUT2D eigenvalue weighted by atomic mass is 10.2. The molecule has 7 heteroatoms. The van der Waals surface area contributed by atoms with E-state index in [0.29, 0.717) is 31.9 Å². The van der Waals surface area contributed by atoms with Crippen LogP contribution in [0.15, 0.2) is 47.1 Å². The molecular formula is C18H21N3O4. The van der Waals surface area contributed by atoms with Crippen molar-refractivity contribution in [3.05, 3.63) is 48.4 Å². The van der Waals surface area contributed by atoms with Crippen molar-refractivity contribution in [3.63, 3.8) is 0 Å². The number of anilines is 1. The van der Waals surface area contributed by atoms with Gasteiger partial charge >= 0.3 is 0 Å². The molecule has 1 N–H and O–H groups in total. The Kier molecular flexibility index (Phi) is 5.23. The number of hydrogen-bond donors (Lipinski definition) is 1. The Morgan fingerprint density at radius 2 is 1.88 bits per heavy atom. The van der Waals surface area contributed by atoms with Crippen molar-refractivity contribution in [2.24, 2.45) is 0 Å². The summed E-state index contributed by atoms with van der Waals surface area (Å²) in [4.78, 5) is 28.0. The molecule has 0 bridgehead atoms. The van der Waals surface area contributed by atoms with Crippen LogP contribution >= 0.6 is 0 Å². The second-order valence-corrected chi connectivity index (χ2v) is 5.74. The van der Waals surface area contributed by atoms with E-state index in [1.807, 2.05) is 24.3 Å². The number of carbonyl (C=O) groups excluding carboxylic acids is 2. The van der Waals surface area contributed by atoms with Gasteiger partial charge in [0.05, 0.1) is 19.9 Å². The van der Waals surface area contributed by atoms with Crippen LogP contribution in [0.4, 0.5) is 5.69 Å². The van der Waals surface area contributed by atoms with Crippen molar-refractivity contribution in [3.8, 4) is 5.75 Å². The zero-order valence-corrected chi connectivity index (χ0v) is 14.1. The van der Waals surface area contributed by atoms with Gasteiger partial charge in [-0.05, 0) is 24.3 Å². The maximum Gasteiger partial charge on any atom is 0.289 e. The van der Waals surface area contributed by atoms with Crippen molar-refractivity contribution in [2.75, 3.05) is 45.2 Å². The molecule has 3 rings (SSSR count). The Hall–Kier alpha value is -2.96. The van der Waals surface area contributed by atoms with Crippen LogP contribution in [0.3, 0.4) is 0 Å². The van der Waals surface area contributed by atoms with E-state index in [1.54, 1.807) is 29.0 Å². The number of carbonyl (C=O) groups is 2. The van der Waals surface area contributed by atoms with E-state index in [2.05, 4.69) is 5.32 Å². The van der Waals surface area contributed by atoms with E-state index in [-0.39, 0.29) is 18.4 Å². The zero-order chi connectivity index (χ0) is 17.6. The lowest BCUT2D eigenvalue weighted by molar-refractivity contribution is -0.130. The molecule has 25 heavy (non-hydrogen) atoms. The highest BCUT2D eigenvalue weighted by molar-refractivity contribution is 5.91. The first-order valence-corrected chi connectivity index (χ1v) is 8.16. The highest BCUT2D eigenvalue weighted by Gasteiger charge is 2.25. The molecule has 0 spiro atoms. The van der Waals surface area contributed by atoms with Gasteiger partial charge in [0.2, 0.25) is 5.91 Å². The maximum absolute atomic E-state index is 12.3. The minimum Gasteiger partial charge on any atom is -0.497 e. The van der Waals surface area contributed by atoms with Gasteiger partial charge in [0.1, 0.15) is 5.75 Å². The first kappa shape index (κ1) is 16.9. The number of benzene rings is 1. The molecule has 2 aromatic rings. The molecule has 0 aliphatic carbocycles. The number of methoxy groups -OCH3 is 1. The van der Waals surface area contributed by atoms with Crippen LogP contribution in [-0.2, 0) is 4.79 Å². The quantitative estimate of drug-likeness (QED) is 0.894. The summed E-state index contributed by atoms with van der Waals surface area (Å²) in [5, 5.41) is 3.11. The molecule has 0 unspecified atom stereocenters. The van der Waals surface area contributed by atoms with Crippen LogP contribution in [0.5, 0.6) is 5.75 Å². The Balaban J connectivity index is 1.47. The third-order valence-electron chi connectivity index (χ3n) is 4.17. The van der Waals surface area contributed by atoms with Crippen molar-refractivity contribution in [2.45, 2.75) is 0 Å². The molecule has 1 saturated heterocycles. The van der Waals surface area contributed by atoms with Crippen LogP contribution in [-0.4, -0.2) is 61.4 Å². The third kappa shape index (κ3) is 4.12. The molecule has 0 saturated carbocycles. The number of hydrogen-bond acceptors (Lipinski definition) is 5. The third-order valence-corrected chi connectivity index (χ3v) is 4.17. The molecule has 2 amide bonds. The second-order valence-electron chi connectivity index (χ2n) is 5.74. The van der Waals surface area contributed by atoms with E-state index >= 15 is 0 Å². The fourth-order valence-corrected chi connectivity index (χ4v) is 2.74. The van der Waals surface area contributed by atoms with Gasteiger partial charge in [-0.25, -0.2) is 0 Å². The fraction of sp³-hybridized carbons (Fsp3) is 0.333. The molecule has 132 valence electrons. The van der Waals surface area contributed by atoms with E-state index in [4.69, 9.17) is 9.15 Å². The summed E-state index contributed by atoms with van der Waals surface area (Å²) in [7, 11) is 1.60.